The van der Waals surface area contributed by atoms with Crippen LogP contribution in [0.5, 0.6) is 5.75 Å². The molecule has 2 heteroatoms. The normalized spacial score (nSPS) is 11.2. The minimum absolute atomic E-state index is 0.00380. The smallest absolute Gasteiger partial charge is 0.165 e. The lowest BCUT2D eigenvalue weighted by atomic mass is 9.95. The van der Waals surface area contributed by atoms with E-state index < -0.39 is 0 Å². The Labute approximate surface area is 97.6 Å². The van der Waals surface area contributed by atoms with E-state index in [1.54, 1.807) is 6.07 Å². The van der Waals surface area contributed by atoms with Crippen molar-refractivity contribution in [3.05, 3.63) is 29.1 Å². The second kappa shape index (κ2) is 5.33. The summed E-state index contributed by atoms with van der Waals surface area (Å²) in [7, 11) is 0. The molecule has 90 valence electrons. The van der Waals surface area contributed by atoms with Gasteiger partial charge in [-0.15, -0.1) is 0 Å². The van der Waals surface area contributed by atoms with Crippen molar-refractivity contribution in [3.8, 4) is 5.75 Å². The van der Waals surface area contributed by atoms with Gasteiger partial charge in [0.1, 0.15) is 0 Å². The molecular weight excluding hydrogens is 203 g/mol. The lowest BCUT2D eigenvalue weighted by Gasteiger charge is -2.16. The largest absolute Gasteiger partial charge is 0.488 e. The van der Waals surface area contributed by atoms with Gasteiger partial charge in [0.2, 0.25) is 0 Å². The van der Waals surface area contributed by atoms with Crippen molar-refractivity contribution in [2.24, 2.45) is 0 Å². The third kappa shape index (κ3) is 2.97. The van der Waals surface area contributed by atoms with Crippen LogP contribution < -0.4 is 4.74 Å². The van der Waals surface area contributed by atoms with Crippen LogP contribution in [0.15, 0.2) is 12.1 Å². The van der Waals surface area contributed by atoms with Gasteiger partial charge in [-0.05, 0) is 49.4 Å². The van der Waals surface area contributed by atoms with E-state index in [1.165, 1.54) is 5.56 Å². The maximum absolute atomic E-state index is 13.8. The topological polar surface area (TPSA) is 9.23 Å². The van der Waals surface area contributed by atoms with Gasteiger partial charge in [0, 0.05) is 0 Å². The Kier molecular flexibility index (Phi) is 4.34. The fourth-order valence-corrected chi connectivity index (χ4v) is 1.80. The van der Waals surface area contributed by atoms with Gasteiger partial charge in [0.25, 0.3) is 0 Å². The number of ether oxygens (including phenoxy) is 1. The molecule has 0 saturated heterocycles. The van der Waals surface area contributed by atoms with Gasteiger partial charge >= 0.3 is 0 Å². The van der Waals surface area contributed by atoms with E-state index >= 15 is 0 Å². The predicted molar refractivity (Wildman–Crippen MR) is 65.6 cm³/mol. The molecule has 0 unspecified atom stereocenters. The molecule has 0 aliphatic heterocycles. The Morgan fingerprint density at radius 3 is 2.25 bits per heavy atom. The Hall–Kier alpha value is -1.05. The molecule has 1 rings (SSSR count). The summed E-state index contributed by atoms with van der Waals surface area (Å²) in [4.78, 5) is 0. The first-order valence-electron chi connectivity index (χ1n) is 5.94. The molecule has 0 heterocycles. The third-order valence-corrected chi connectivity index (χ3v) is 2.56. The van der Waals surface area contributed by atoms with Crippen LogP contribution in [0.25, 0.3) is 0 Å². The first-order chi connectivity index (χ1) is 7.45. The quantitative estimate of drug-likeness (QED) is 0.741. The van der Waals surface area contributed by atoms with Gasteiger partial charge in [-0.25, -0.2) is 4.39 Å². The molecule has 0 fully saturated rings. The molecule has 0 bridgehead atoms. The zero-order chi connectivity index (χ0) is 12.3. The monoisotopic (exact) mass is 224 g/mol. The zero-order valence-electron chi connectivity index (χ0n) is 10.8. The molecular formula is C14H21FO. The van der Waals surface area contributed by atoms with Crippen LogP contribution in [-0.4, -0.2) is 6.10 Å². The fraction of sp³-hybridized carbons (Fsp3) is 0.571. The van der Waals surface area contributed by atoms with E-state index in [0.29, 0.717) is 11.7 Å². The second-order valence-corrected chi connectivity index (χ2v) is 4.66. The molecule has 0 aromatic heterocycles. The maximum atomic E-state index is 13.8. The number of hydrogen-bond donors (Lipinski definition) is 0. The van der Waals surface area contributed by atoms with Crippen molar-refractivity contribution in [2.45, 2.75) is 53.1 Å². The zero-order valence-corrected chi connectivity index (χ0v) is 10.8. The standard InChI is InChI=1S/C14H21FO/c1-6-11-7-14(16-10(4)5)13(15)8-12(11)9(2)3/h7-10H,6H2,1-5H3. The lowest BCUT2D eigenvalue weighted by Crippen LogP contribution is -2.08. The molecule has 16 heavy (non-hydrogen) atoms. The van der Waals surface area contributed by atoms with E-state index in [0.717, 1.165) is 12.0 Å². The average Bonchev–Trinajstić information content (AvgIpc) is 2.19. The molecule has 0 aliphatic rings. The molecule has 0 spiro atoms. The highest BCUT2D eigenvalue weighted by molar-refractivity contribution is 5.38. The second-order valence-electron chi connectivity index (χ2n) is 4.66. The summed E-state index contributed by atoms with van der Waals surface area (Å²) in [5.74, 6) is 0.461. The van der Waals surface area contributed by atoms with E-state index in [1.807, 2.05) is 19.9 Å². The number of halogens is 1. The first-order valence-corrected chi connectivity index (χ1v) is 5.94. The maximum Gasteiger partial charge on any atom is 0.165 e. The number of aryl methyl sites for hydroxylation is 1. The molecule has 0 amide bonds. The summed E-state index contributed by atoms with van der Waals surface area (Å²) in [6.07, 6.45) is 0.909. The molecule has 0 saturated carbocycles. The molecule has 1 aromatic carbocycles. The molecule has 0 aliphatic carbocycles. The molecule has 0 radical (unpaired) electrons. The van der Waals surface area contributed by atoms with Crippen LogP contribution in [0.1, 0.15) is 51.7 Å². The summed E-state index contributed by atoms with van der Waals surface area (Å²) in [5.41, 5.74) is 2.25. The predicted octanol–water partition coefficient (Wildman–Crippen LogP) is 4.30. The summed E-state index contributed by atoms with van der Waals surface area (Å²) in [6.45, 7) is 10.1. The minimum atomic E-state index is -0.255. The van der Waals surface area contributed by atoms with Crippen LogP contribution in [0, 0.1) is 5.82 Å². The molecule has 1 nitrogen and oxygen atoms in total. The number of hydrogen-bond acceptors (Lipinski definition) is 1. The minimum Gasteiger partial charge on any atom is -0.488 e. The van der Waals surface area contributed by atoms with Crippen molar-refractivity contribution in [2.75, 3.05) is 0 Å². The Bertz CT molecular complexity index is 356. The Morgan fingerprint density at radius 1 is 1.19 bits per heavy atom. The summed E-state index contributed by atoms with van der Waals surface area (Å²) < 4.78 is 19.2. The van der Waals surface area contributed by atoms with Crippen LogP contribution in [-0.2, 0) is 6.42 Å². The highest BCUT2D eigenvalue weighted by atomic mass is 19.1. The highest BCUT2D eigenvalue weighted by Gasteiger charge is 2.13. The average molecular weight is 224 g/mol. The van der Waals surface area contributed by atoms with E-state index in [2.05, 4.69) is 20.8 Å². The van der Waals surface area contributed by atoms with Crippen LogP contribution >= 0.6 is 0 Å². The Balaban J connectivity index is 3.15. The number of rotatable bonds is 4. The number of benzene rings is 1. The van der Waals surface area contributed by atoms with Crippen molar-refractivity contribution in [1.82, 2.24) is 0 Å². The van der Waals surface area contributed by atoms with Crippen LogP contribution in [0.4, 0.5) is 4.39 Å². The Morgan fingerprint density at radius 2 is 1.81 bits per heavy atom. The molecule has 0 N–H and O–H groups in total. The van der Waals surface area contributed by atoms with Gasteiger partial charge in [-0.1, -0.05) is 20.8 Å². The summed E-state index contributed by atoms with van der Waals surface area (Å²) in [6, 6.07) is 3.45. The van der Waals surface area contributed by atoms with E-state index in [4.69, 9.17) is 4.74 Å². The SMILES string of the molecule is CCc1cc(OC(C)C)c(F)cc1C(C)C. The molecule has 1 aromatic rings. The van der Waals surface area contributed by atoms with Crippen LogP contribution in [0.3, 0.4) is 0 Å². The first kappa shape index (κ1) is 13.0. The van der Waals surface area contributed by atoms with Crippen molar-refractivity contribution in [3.63, 3.8) is 0 Å². The third-order valence-electron chi connectivity index (χ3n) is 2.56. The van der Waals surface area contributed by atoms with E-state index in [-0.39, 0.29) is 11.9 Å². The van der Waals surface area contributed by atoms with Crippen molar-refractivity contribution >= 4 is 0 Å². The molecule has 0 atom stereocenters. The van der Waals surface area contributed by atoms with Gasteiger partial charge in [-0.3, -0.25) is 0 Å². The van der Waals surface area contributed by atoms with Gasteiger partial charge < -0.3 is 4.74 Å². The summed E-state index contributed by atoms with van der Waals surface area (Å²) in [5, 5.41) is 0. The van der Waals surface area contributed by atoms with Gasteiger partial charge in [0.05, 0.1) is 6.10 Å². The van der Waals surface area contributed by atoms with E-state index in [9.17, 15) is 4.39 Å². The lowest BCUT2D eigenvalue weighted by molar-refractivity contribution is 0.231. The summed E-state index contributed by atoms with van der Waals surface area (Å²) >= 11 is 0. The van der Waals surface area contributed by atoms with Gasteiger partial charge in [0.15, 0.2) is 11.6 Å². The van der Waals surface area contributed by atoms with Crippen molar-refractivity contribution in [1.29, 1.82) is 0 Å². The fourth-order valence-electron chi connectivity index (χ4n) is 1.80. The van der Waals surface area contributed by atoms with Crippen LogP contribution in [0.2, 0.25) is 0 Å². The van der Waals surface area contributed by atoms with Gasteiger partial charge in [-0.2, -0.15) is 0 Å². The highest BCUT2D eigenvalue weighted by Crippen LogP contribution is 2.28. The van der Waals surface area contributed by atoms with Crippen molar-refractivity contribution < 1.29 is 9.13 Å².